The molecule has 0 fully saturated rings. The molecule has 0 unspecified atom stereocenters. The molecule has 1 rings (SSSR count). The topological polar surface area (TPSA) is 48.9 Å². The van der Waals surface area contributed by atoms with Crippen LogP contribution in [0.5, 0.6) is 0 Å². The van der Waals surface area contributed by atoms with Gasteiger partial charge in [0.05, 0.1) is 13.2 Å². The van der Waals surface area contributed by atoms with Gasteiger partial charge in [0.2, 0.25) is 0 Å². The second-order valence-electron chi connectivity index (χ2n) is 5.40. The van der Waals surface area contributed by atoms with Crippen molar-refractivity contribution < 1.29 is 9.13 Å². The van der Waals surface area contributed by atoms with Crippen molar-refractivity contribution >= 4 is 5.96 Å². The summed E-state index contributed by atoms with van der Waals surface area (Å²) in [6.07, 6.45) is 1.02. The van der Waals surface area contributed by atoms with Crippen LogP contribution >= 0.6 is 0 Å². The summed E-state index contributed by atoms with van der Waals surface area (Å²) in [5, 5.41) is 6.51. The number of benzene rings is 1. The van der Waals surface area contributed by atoms with Gasteiger partial charge in [-0.2, -0.15) is 0 Å². The standard InChI is InChI=1S/C17H29FN4O/c1-4-19-17(20-9-6-10-22(2)11-12-23-3)21-14-15-7-5-8-16(18)13-15/h5,7-8,13H,4,6,9-12,14H2,1-3H3,(H2,19,20,21). The molecule has 23 heavy (non-hydrogen) atoms. The molecule has 0 heterocycles. The first-order valence-electron chi connectivity index (χ1n) is 8.09. The average Bonchev–Trinajstić information content (AvgIpc) is 2.54. The molecule has 5 nitrogen and oxygen atoms in total. The van der Waals surface area contributed by atoms with Crippen molar-refractivity contribution in [1.29, 1.82) is 0 Å². The van der Waals surface area contributed by atoms with Crippen LogP contribution in [0.2, 0.25) is 0 Å². The molecule has 130 valence electrons. The molecule has 0 spiro atoms. The average molecular weight is 324 g/mol. The van der Waals surface area contributed by atoms with E-state index in [1.165, 1.54) is 12.1 Å². The third-order valence-electron chi connectivity index (χ3n) is 3.34. The Morgan fingerprint density at radius 3 is 2.83 bits per heavy atom. The number of likely N-dealkylation sites (N-methyl/N-ethyl adjacent to an activating group) is 1. The van der Waals surface area contributed by atoms with Crippen LogP contribution in [-0.4, -0.2) is 57.8 Å². The van der Waals surface area contributed by atoms with E-state index in [1.54, 1.807) is 13.2 Å². The highest BCUT2D eigenvalue weighted by atomic mass is 19.1. The van der Waals surface area contributed by atoms with Crippen LogP contribution in [0, 0.1) is 5.82 Å². The summed E-state index contributed by atoms with van der Waals surface area (Å²) in [6.45, 7) is 6.80. The molecule has 0 atom stereocenters. The molecule has 0 aromatic heterocycles. The number of nitrogens with one attached hydrogen (secondary N) is 2. The summed E-state index contributed by atoms with van der Waals surface area (Å²) in [5.74, 6) is 0.533. The Labute approximate surface area is 138 Å². The van der Waals surface area contributed by atoms with Crippen molar-refractivity contribution in [2.75, 3.05) is 46.9 Å². The van der Waals surface area contributed by atoms with Crippen molar-refractivity contribution in [2.24, 2.45) is 4.99 Å². The zero-order valence-electron chi connectivity index (χ0n) is 14.4. The summed E-state index contributed by atoms with van der Waals surface area (Å²) in [4.78, 5) is 6.72. The maximum absolute atomic E-state index is 13.2. The third kappa shape index (κ3) is 9.15. The molecule has 0 radical (unpaired) electrons. The van der Waals surface area contributed by atoms with Crippen molar-refractivity contribution in [2.45, 2.75) is 19.9 Å². The van der Waals surface area contributed by atoms with Crippen LogP contribution in [0.25, 0.3) is 0 Å². The largest absolute Gasteiger partial charge is 0.383 e. The lowest BCUT2D eigenvalue weighted by Crippen LogP contribution is -2.38. The Balaban J connectivity index is 2.35. The molecule has 0 amide bonds. The molecule has 1 aromatic carbocycles. The highest BCUT2D eigenvalue weighted by Gasteiger charge is 2.00. The maximum atomic E-state index is 13.2. The number of methoxy groups -OCH3 is 1. The lowest BCUT2D eigenvalue weighted by atomic mass is 10.2. The maximum Gasteiger partial charge on any atom is 0.191 e. The minimum Gasteiger partial charge on any atom is -0.383 e. The van der Waals surface area contributed by atoms with Crippen LogP contribution in [0.1, 0.15) is 18.9 Å². The summed E-state index contributed by atoms with van der Waals surface area (Å²) < 4.78 is 18.2. The molecular weight excluding hydrogens is 295 g/mol. The van der Waals surface area contributed by atoms with Gasteiger partial charge in [0.25, 0.3) is 0 Å². The molecule has 0 saturated carbocycles. The number of nitrogens with zero attached hydrogens (tertiary/aromatic N) is 2. The number of ether oxygens (including phenoxy) is 1. The quantitative estimate of drug-likeness (QED) is 0.392. The van der Waals surface area contributed by atoms with Crippen LogP contribution in [0.3, 0.4) is 0 Å². The van der Waals surface area contributed by atoms with Crippen molar-refractivity contribution in [3.63, 3.8) is 0 Å². The van der Waals surface area contributed by atoms with E-state index in [1.807, 2.05) is 13.0 Å². The minimum absolute atomic E-state index is 0.227. The number of hydrogen-bond acceptors (Lipinski definition) is 3. The van der Waals surface area contributed by atoms with E-state index >= 15 is 0 Å². The summed E-state index contributed by atoms with van der Waals surface area (Å²) in [5.41, 5.74) is 0.863. The lowest BCUT2D eigenvalue weighted by molar-refractivity contribution is 0.161. The van der Waals surface area contributed by atoms with Crippen molar-refractivity contribution in [3.8, 4) is 0 Å². The molecule has 0 saturated heterocycles. The molecule has 0 aliphatic rings. The fourth-order valence-corrected chi connectivity index (χ4v) is 2.06. The van der Waals surface area contributed by atoms with Crippen molar-refractivity contribution in [1.82, 2.24) is 15.5 Å². The van der Waals surface area contributed by atoms with E-state index in [0.717, 1.165) is 50.7 Å². The van der Waals surface area contributed by atoms with E-state index in [0.29, 0.717) is 6.54 Å². The van der Waals surface area contributed by atoms with Gasteiger partial charge >= 0.3 is 0 Å². The Morgan fingerprint density at radius 1 is 1.30 bits per heavy atom. The Hall–Kier alpha value is -1.66. The van der Waals surface area contributed by atoms with Gasteiger partial charge in [-0.15, -0.1) is 0 Å². The molecule has 2 N–H and O–H groups in total. The smallest absolute Gasteiger partial charge is 0.191 e. The second kappa shape index (κ2) is 11.8. The van der Waals surface area contributed by atoms with E-state index in [2.05, 4.69) is 27.6 Å². The van der Waals surface area contributed by atoms with Gasteiger partial charge in [-0.05, 0) is 44.6 Å². The number of aliphatic imine (C=N–C) groups is 1. The fraction of sp³-hybridized carbons (Fsp3) is 0.588. The van der Waals surface area contributed by atoms with Gasteiger partial charge < -0.3 is 20.3 Å². The van der Waals surface area contributed by atoms with E-state index in [4.69, 9.17) is 4.74 Å². The number of rotatable bonds is 10. The number of hydrogen-bond donors (Lipinski definition) is 2. The fourth-order valence-electron chi connectivity index (χ4n) is 2.06. The molecule has 0 bridgehead atoms. The normalized spacial score (nSPS) is 11.8. The predicted octanol–water partition coefficient (Wildman–Crippen LogP) is 1.85. The van der Waals surface area contributed by atoms with Crippen LogP contribution < -0.4 is 10.6 Å². The van der Waals surface area contributed by atoms with Crippen LogP contribution in [0.15, 0.2) is 29.3 Å². The van der Waals surface area contributed by atoms with E-state index in [9.17, 15) is 4.39 Å². The zero-order valence-corrected chi connectivity index (χ0v) is 14.4. The van der Waals surface area contributed by atoms with Crippen LogP contribution in [-0.2, 0) is 11.3 Å². The van der Waals surface area contributed by atoms with Gasteiger partial charge in [-0.25, -0.2) is 9.38 Å². The minimum atomic E-state index is -0.227. The number of halogens is 1. The van der Waals surface area contributed by atoms with Gasteiger partial charge in [-0.1, -0.05) is 12.1 Å². The zero-order chi connectivity index (χ0) is 16.9. The van der Waals surface area contributed by atoms with Gasteiger partial charge in [0.1, 0.15) is 5.82 Å². The lowest BCUT2D eigenvalue weighted by Gasteiger charge is -2.17. The van der Waals surface area contributed by atoms with E-state index < -0.39 is 0 Å². The SMILES string of the molecule is CCNC(=NCc1cccc(F)c1)NCCCN(C)CCOC. The molecular formula is C17H29FN4O. The van der Waals surface area contributed by atoms with Gasteiger partial charge in [-0.3, -0.25) is 0 Å². The first kappa shape index (κ1) is 19.4. The molecule has 0 aliphatic heterocycles. The first-order valence-corrected chi connectivity index (χ1v) is 8.09. The third-order valence-corrected chi connectivity index (χ3v) is 3.34. The second-order valence-corrected chi connectivity index (χ2v) is 5.40. The Morgan fingerprint density at radius 2 is 2.13 bits per heavy atom. The molecule has 1 aromatic rings. The molecule has 0 aliphatic carbocycles. The molecule has 6 heteroatoms. The summed E-state index contributed by atoms with van der Waals surface area (Å²) in [6, 6.07) is 6.53. The monoisotopic (exact) mass is 324 g/mol. The highest BCUT2D eigenvalue weighted by molar-refractivity contribution is 5.79. The predicted molar refractivity (Wildman–Crippen MR) is 93.2 cm³/mol. The van der Waals surface area contributed by atoms with Gasteiger partial charge in [0.15, 0.2) is 5.96 Å². The highest BCUT2D eigenvalue weighted by Crippen LogP contribution is 2.04. The number of guanidine groups is 1. The van der Waals surface area contributed by atoms with Gasteiger partial charge in [0, 0.05) is 26.7 Å². The Bertz CT molecular complexity index is 468. The van der Waals surface area contributed by atoms with Crippen molar-refractivity contribution in [3.05, 3.63) is 35.6 Å². The Kier molecular flexibility index (Phi) is 9.99. The summed E-state index contributed by atoms with van der Waals surface area (Å²) in [7, 11) is 3.80. The first-order chi connectivity index (χ1) is 11.2. The van der Waals surface area contributed by atoms with Crippen LogP contribution in [0.4, 0.5) is 4.39 Å². The van der Waals surface area contributed by atoms with E-state index in [-0.39, 0.29) is 5.82 Å². The summed E-state index contributed by atoms with van der Waals surface area (Å²) >= 11 is 0.